The maximum absolute atomic E-state index is 9.14. The van der Waals surface area contributed by atoms with E-state index in [1.54, 1.807) is 17.1 Å². The number of rotatable bonds is 2. The molecule has 18 heavy (non-hydrogen) atoms. The lowest BCUT2D eigenvalue weighted by Crippen LogP contribution is -1.96. The van der Waals surface area contributed by atoms with Crippen LogP contribution in [-0.2, 0) is 19.9 Å². The summed E-state index contributed by atoms with van der Waals surface area (Å²) in [7, 11) is 1.81. The zero-order valence-corrected chi connectivity index (χ0v) is 10.1. The maximum Gasteiger partial charge on any atom is 0.237 e. The van der Waals surface area contributed by atoms with Gasteiger partial charge in [0.15, 0.2) is 5.75 Å². The number of fused-ring (bicyclic) bond motifs is 1. The Kier molecular flexibility index (Phi) is 2.49. The molecule has 2 aromatic heterocycles. The molecule has 0 atom stereocenters. The summed E-state index contributed by atoms with van der Waals surface area (Å²) in [5.41, 5.74) is 2.71. The SMILES string of the molecule is Cn1cc(Oc2nc3c(cc2C#N)CCC3)cn1. The van der Waals surface area contributed by atoms with Gasteiger partial charge in [0.1, 0.15) is 11.6 Å². The van der Waals surface area contributed by atoms with Gasteiger partial charge in [-0.25, -0.2) is 4.98 Å². The molecule has 1 aliphatic rings. The van der Waals surface area contributed by atoms with E-state index < -0.39 is 0 Å². The van der Waals surface area contributed by atoms with E-state index in [1.165, 1.54) is 5.56 Å². The summed E-state index contributed by atoms with van der Waals surface area (Å²) >= 11 is 0. The first-order valence-electron chi connectivity index (χ1n) is 5.85. The highest BCUT2D eigenvalue weighted by molar-refractivity contribution is 5.45. The van der Waals surface area contributed by atoms with E-state index in [2.05, 4.69) is 16.2 Å². The molecule has 1 aliphatic carbocycles. The topological polar surface area (TPSA) is 63.7 Å². The van der Waals surface area contributed by atoms with Gasteiger partial charge in [-0.3, -0.25) is 4.68 Å². The third-order valence-corrected chi connectivity index (χ3v) is 3.03. The molecule has 0 aromatic carbocycles. The third kappa shape index (κ3) is 1.82. The van der Waals surface area contributed by atoms with Crippen LogP contribution in [0.25, 0.3) is 0 Å². The number of hydrogen-bond acceptors (Lipinski definition) is 4. The van der Waals surface area contributed by atoms with Crippen molar-refractivity contribution in [1.82, 2.24) is 14.8 Å². The summed E-state index contributed by atoms with van der Waals surface area (Å²) in [4.78, 5) is 4.45. The van der Waals surface area contributed by atoms with Gasteiger partial charge < -0.3 is 4.74 Å². The van der Waals surface area contributed by atoms with Crippen molar-refractivity contribution in [1.29, 1.82) is 5.26 Å². The van der Waals surface area contributed by atoms with Crippen LogP contribution in [0.1, 0.15) is 23.2 Å². The molecule has 0 amide bonds. The van der Waals surface area contributed by atoms with Crippen LogP contribution in [0.2, 0.25) is 0 Å². The molecule has 5 heteroatoms. The molecule has 90 valence electrons. The standard InChI is InChI=1S/C13H12N4O/c1-17-8-11(7-15-17)18-13-10(6-14)5-9-3-2-4-12(9)16-13/h5,7-8H,2-4H2,1H3. The highest BCUT2D eigenvalue weighted by atomic mass is 16.5. The van der Waals surface area contributed by atoms with E-state index in [0.29, 0.717) is 17.2 Å². The molecule has 0 spiro atoms. The lowest BCUT2D eigenvalue weighted by atomic mass is 10.1. The number of hydrogen-bond donors (Lipinski definition) is 0. The highest BCUT2D eigenvalue weighted by Gasteiger charge is 2.17. The van der Waals surface area contributed by atoms with Crippen molar-refractivity contribution in [3.63, 3.8) is 0 Å². The summed E-state index contributed by atoms with van der Waals surface area (Å²) in [5.74, 6) is 0.977. The Hall–Kier alpha value is -2.35. The van der Waals surface area contributed by atoms with Gasteiger partial charge in [-0.05, 0) is 30.9 Å². The van der Waals surface area contributed by atoms with Gasteiger partial charge >= 0.3 is 0 Å². The molecular weight excluding hydrogens is 228 g/mol. The molecule has 0 N–H and O–H groups in total. The number of aromatic nitrogens is 3. The quantitative estimate of drug-likeness (QED) is 0.805. The number of pyridine rings is 1. The Morgan fingerprint density at radius 2 is 2.33 bits per heavy atom. The predicted octanol–water partition coefficient (Wildman–Crippen LogP) is 1.97. The first kappa shape index (κ1) is 10.8. The van der Waals surface area contributed by atoms with Crippen LogP contribution in [-0.4, -0.2) is 14.8 Å². The minimum Gasteiger partial charge on any atom is -0.434 e. The van der Waals surface area contributed by atoms with Crippen LogP contribution in [0.4, 0.5) is 0 Å². The average molecular weight is 240 g/mol. The van der Waals surface area contributed by atoms with Crippen molar-refractivity contribution in [3.8, 4) is 17.7 Å². The number of nitrogens with zero attached hydrogens (tertiary/aromatic N) is 4. The van der Waals surface area contributed by atoms with Crippen LogP contribution in [0.15, 0.2) is 18.5 Å². The molecule has 2 heterocycles. The van der Waals surface area contributed by atoms with Gasteiger partial charge in [0.2, 0.25) is 5.88 Å². The Bertz CT molecular complexity index is 639. The van der Waals surface area contributed by atoms with E-state index >= 15 is 0 Å². The third-order valence-electron chi connectivity index (χ3n) is 3.03. The summed E-state index contributed by atoms with van der Waals surface area (Å²) in [6.07, 6.45) is 6.42. The van der Waals surface area contributed by atoms with E-state index in [4.69, 9.17) is 10.00 Å². The van der Waals surface area contributed by atoms with Crippen LogP contribution < -0.4 is 4.74 Å². The largest absolute Gasteiger partial charge is 0.434 e. The molecule has 0 aliphatic heterocycles. The summed E-state index contributed by atoms with van der Waals surface area (Å²) in [6.45, 7) is 0. The lowest BCUT2D eigenvalue weighted by molar-refractivity contribution is 0.459. The fourth-order valence-corrected chi connectivity index (χ4v) is 2.17. The highest BCUT2D eigenvalue weighted by Crippen LogP contribution is 2.28. The number of aryl methyl sites for hydroxylation is 3. The molecule has 0 saturated carbocycles. The van der Waals surface area contributed by atoms with E-state index in [1.807, 2.05) is 13.1 Å². The zero-order valence-electron chi connectivity index (χ0n) is 10.1. The fourth-order valence-electron chi connectivity index (χ4n) is 2.17. The van der Waals surface area contributed by atoms with E-state index in [-0.39, 0.29) is 0 Å². The second-order valence-corrected chi connectivity index (χ2v) is 4.36. The Labute approximate surface area is 105 Å². The molecule has 0 unspecified atom stereocenters. The summed E-state index contributed by atoms with van der Waals surface area (Å²) < 4.78 is 7.28. The monoisotopic (exact) mass is 240 g/mol. The summed E-state index contributed by atoms with van der Waals surface area (Å²) in [5, 5.41) is 13.2. The first-order chi connectivity index (χ1) is 8.76. The zero-order chi connectivity index (χ0) is 12.5. The predicted molar refractivity (Wildman–Crippen MR) is 64.3 cm³/mol. The molecule has 0 bridgehead atoms. The molecular formula is C13H12N4O. The Morgan fingerprint density at radius 1 is 1.44 bits per heavy atom. The van der Waals surface area contributed by atoms with Gasteiger partial charge in [-0.1, -0.05) is 0 Å². The van der Waals surface area contributed by atoms with Crippen molar-refractivity contribution < 1.29 is 4.74 Å². The van der Waals surface area contributed by atoms with Crippen LogP contribution in [0.3, 0.4) is 0 Å². The lowest BCUT2D eigenvalue weighted by Gasteiger charge is -2.06. The van der Waals surface area contributed by atoms with Crippen LogP contribution in [0.5, 0.6) is 11.6 Å². The Balaban J connectivity index is 1.98. The van der Waals surface area contributed by atoms with Gasteiger partial charge in [0.05, 0.1) is 12.4 Å². The van der Waals surface area contributed by atoms with Crippen LogP contribution >= 0.6 is 0 Å². The van der Waals surface area contributed by atoms with Crippen molar-refractivity contribution in [2.24, 2.45) is 7.05 Å². The second-order valence-electron chi connectivity index (χ2n) is 4.36. The second kappa shape index (κ2) is 4.15. The summed E-state index contributed by atoms with van der Waals surface area (Å²) in [6, 6.07) is 4.03. The molecule has 0 saturated heterocycles. The van der Waals surface area contributed by atoms with Crippen molar-refractivity contribution in [2.45, 2.75) is 19.3 Å². The molecule has 0 radical (unpaired) electrons. The minimum atomic E-state index is 0.381. The molecule has 5 nitrogen and oxygen atoms in total. The van der Waals surface area contributed by atoms with Gasteiger partial charge in [-0.15, -0.1) is 0 Å². The smallest absolute Gasteiger partial charge is 0.237 e. The van der Waals surface area contributed by atoms with Gasteiger partial charge in [-0.2, -0.15) is 10.4 Å². The number of ether oxygens (including phenoxy) is 1. The van der Waals surface area contributed by atoms with Crippen molar-refractivity contribution in [3.05, 3.63) is 35.3 Å². The van der Waals surface area contributed by atoms with Crippen molar-refractivity contribution >= 4 is 0 Å². The first-order valence-corrected chi connectivity index (χ1v) is 5.85. The average Bonchev–Trinajstić information content (AvgIpc) is 2.97. The van der Waals surface area contributed by atoms with E-state index in [0.717, 1.165) is 25.0 Å². The van der Waals surface area contributed by atoms with E-state index in [9.17, 15) is 0 Å². The Morgan fingerprint density at radius 3 is 3.06 bits per heavy atom. The fraction of sp³-hybridized carbons (Fsp3) is 0.308. The van der Waals surface area contributed by atoms with Crippen molar-refractivity contribution in [2.75, 3.05) is 0 Å². The molecule has 3 rings (SSSR count). The molecule has 2 aromatic rings. The van der Waals surface area contributed by atoms with Crippen LogP contribution in [0, 0.1) is 11.3 Å². The maximum atomic E-state index is 9.14. The van der Waals surface area contributed by atoms with Gasteiger partial charge in [0.25, 0.3) is 0 Å². The minimum absolute atomic E-state index is 0.381. The van der Waals surface area contributed by atoms with Gasteiger partial charge in [0, 0.05) is 12.7 Å². The normalized spacial score (nSPS) is 13.1. The molecule has 0 fully saturated rings. The number of nitriles is 1.